The summed E-state index contributed by atoms with van der Waals surface area (Å²) < 4.78 is 5.55. The monoisotopic (exact) mass is 376 g/mol. The molecule has 2 heterocycles. The Balaban J connectivity index is 1.78. The molecule has 0 atom stereocenters. The number of hydrogen-bond acceptors (Lipinski definition) is 4. The SMILES string of the molecule is Cc1ccc(-c2cc(-c3noc(-c4cccc(Cl)c4)c3CO)ccn2)cc1. The Labute approximate surface area is 162 Å². The molecule has 0 aliphatic heterocycles. The van der Waals surface area contributed by atoms with E-state index in [2.05, 4.69) is 22.3 Å². The number of nitrogens with zero attached hydrogens (tertiary/aromatic N) is 2. The highest BCUT2D eigenvalue weighted by molar-refractivity contribution is 6.30. The average Bonchev–Trinajstić information content (AvgIpc) is 3.13. The van der Waals surface area contributed by atoms with Crippen LogP contribution in [0.3, 0.4) is 0 Å². The van der Waals surface area contributed by atoms with Gasteiger partial charge in [0.05, 0.1) is 17.9 Å². The average molecular weight is 377 g/mol. The van der Waals surface area contributed by atoms with Crippen LogP contribution < -0.4 is 0 Å². The van der Waals surface area contributed by atoms with E-state index in [0.29, 0.717) is 22.0 Å². The predicted molar refractivity (Wildman–Crippen MR) is 106 cm³/mol. The summed E-state index contributed by atoms with van der Waals surface area (Å²) in [7, 11) is 0. The molecule has 0 aliphatic carbocycles. The van der Waals surface area contributed by atoms with Gasteiger partial charge in [-0.3, -0.25) is 4.98 Å². The van der Waals surface area contributed by atoms with Crippen LogP contribution in [0.5, 0.6) is 0 Å². The van der Waals surface area contributed by atoms with Crippen molar-refractivity contribution < 1.29 is 9.63 Å². The van der Waals surface area contributed by atoms with E-state index < -0.39 is 0 Å². The van der Waals surface area contributed by atoms with Crippen LogP contribution in [0.1, 0.15) is 11.1 Å². The number of pyridine rings is 1. The molecule has 5 heteroatoms. The molecule has 27 heavy (non-hydrogen) atoms. The molecular formula is C22H17ClN2O2. The first kappa shape index (κ1) is 17.5. The van der Waals surface area contributed by atoms with Crippen molar-refractivity contribution in [3.05, 3.63) is 83.0 Å². The van der Waals surface area contributed by atoms with Crippen LogP contribution in [0.15, 0.2) is 71.4 Å². The van der Waals surface area contributed by atoms with Gasteiger partial charge in [-0.2, -0.15) is 0 Å². The Morgan fingerprint density at radius 1 is 0.963 bits per heavy atom. The summed E-state index contributed by atoms with van der Waals surface area (Å²) in [5, 5.41) is 14.8. The third-order valence-electron chi connectivity index (χ3n) is 4.41. The third-order valence-corrected chi connectivity index (χ3v) is 4.65. The normalized spacial score (nSPS) is 10.9. The first-order valence-corrected chi connectivity index (χ1v) is 8.92. The van der Waals surface area contributed by atoms with E-state index in [-0.39, 0.29) is 6.61 Å². The van der Waals surface area contributed by atoms with Crippen LogP contribution in [0, 0.1) is 6.92 Å². The maximum Gasteiger partial charge on any atom is 0.173 e. The zero-order valence-corrected chi connectivity index (χ0v) is 15.4. The first-order valence-electron chi connectivity index (χ1n) is 8.54. The van der Waals surface area contributed by atoms with Crippen LogP contribution in [0.4, 0.5) is 0 Å². The molecule has 134 valence electrons. The summed E-state index contributed by atoms with van der Waals surface area (Å²) in [6, 6.07) is 19.3. The van der Waals surface area contributed by atoms with E-state index in [1.807, 2.05) is 43.3 Å². The van der Waals surface area contributed by atoms with Gasteiger partial charge in [0.15, 0.2) is 5.76 Å². The number of hydrogen-bond donors (Lipinski definition) is 1. The standard InChI is InChI=1S/C22H17ClN2O2/c1-14-5-7-15(8-6-14)20-12-16(9-10-24-20)21-19(13-26)22(27-25-21)17-3-2-4-18(23)11-17/h2-12,26H,13H2,1H3. The van der Waals surface area contributed by atoms with Gasteiger partial charge in [0.25, 0.3) is 0 Å². The molecule has 0 saturated heterocycles. The molecule has 2 aromatic carbocycles. The highest BCUT2D eigenvalue weighted by Crippen LogP contribution is 2.34. The Kier molecular flexibility index (Phi) is 4.75. The van der Waals surface area contributed by atoms with Crippen LogP contribution >= 0.6 is 11.6 Å². The molecule has 0 unspecified atom stereocenters. The Morgan fingerprint density at radius 2 is 1.78 bits per heavy atom. The van der Waals surface area contributed by atoms with E-state index in [4.69, 9.17) is 16.1 Å². The largest absolute Gasteiger partial charge is 0.391 e. The van der Waals surface area contributed by atoms with Crippen LogP contribution in [-0.2, 0) is 6.61 Å². The zero-order valence-electron chi connectivity index (χ0n) is 14.7. The quantitative estimate of drug-likeness (QED) is 0.509. The maximum atomic E-state index is 9.95. The molecule has 0 radical (unpaired) electrons. The topological polar surface area (TPSA) is 59.2 Å². The summed E-state index contributed by atoms with van der Waals surface area (Å²) in [4.78, 5) is 4.46. The molecule has 0 amide bonds. The number of rotatable bonds is 4. The fourth-order valence-electron chi connectivity index (χ4n) is 3.00. The summed E-state index contributed by atoms with van der Waals surface area (Å²) >= 11 is 6.08. The number of aromatic nitrogens is 2. The summed E-state index contributed by atoms with van der Waals surface area (Å²) in [6.07, 6.45) is 1.74. The second kappa shape index (κ2) is 7.35. The van der Waals surface area contributed by atoms with Crippen molar-refractivity contribution in [3.8, 4) is 33.8 Å². The van der Waals surface area contributed by atoms with Gasteiger partial charge in [0.1, 0.15) is 5.69 Å². The van der Waals surface area contributed by atoms with E-state index in [1.54, 1.807) is 18.3 Å². The van der Waals surface area contributed by atoms with Gasteiger partial charge in [0, 0.05) is 27.9 Å². The van der Waals surface area contributed by atoms with Crippen molar-refractivity contribution in [1.82, 2.24) is 10.1 Å². The molecule has 0 fully saturated rings. The van der Waals surface area contributed by atoms with E-state index in [1.165, 1.54) is 5.56 Å². The summed E-state index contributed by atoms with van der Waals surface area (Å²) in [5.74, 6) is 0.517. The second-order valence-electron chi connectivity index (χ2n) is 6.30. The van der Waals surface area contributed by atoms with Crippen molar-refractivity contribution in [2.75, 3.05) is 0 Å². The third kappa shape index (κ3) is 3.50. The van der Waals surface area contributed by atoms with Gasteiger partial charge in [-0.15, -0.1) is 0 Å². The Hall–Kier alpha value is -2.95. The molecule has 4 aromatic rings. The van der Waals surface area contributed by atoms with Gasteiger partial charge in [-0.05, 0) is 31.2 Å². The molecule has 4 rings (SSSR count). The lowest BCUT2D eigenvalue weighted by Crippen LogP contribution is -1.91. The lowest BCUT2D eigenvalue weighted by molar-refractivity contribution is 0.281. The molecular weight excluding hydrogens is 360 g/mol. The van der Waals surface area contributed by atoms with Crippen LogP contribution in [0.2, 0.25) is 5.02 Å². The van der Waals surface area contributed by atoms with E-state index in [0.717, 1.165) is 22.4 Å². The molecule has 0 bridgehead atoms. The predicted octanol–water partition coefficient (Wildman–Crippen LogP) is 5.52. The zero-order chi connectivity index (χ0) is 18.8. The Morgan fingerprint density at radius 3 is 2.52 bits per heavy atom. The minimum Gasteiger partial charge on any atom is -0.391 e. The van der Waals surface area contributed by atoms with Gasteiger partial charge in [0.2, 0.25) is 0 Å². The fourth-order valence-corrected chi connectivity index (χ4v) is 3.19. The number of aliphatic hydroxyl groups excluding tert-OH is 1. The van der Waals surface area contributed by atoms with Gasteiger partial charge < -0.3 is 9.63 Å². The smallest absolute Gasteiger partial charge is 0.173 e. The highest BCUT2D eigenvalue weighted by Gasteiger charge is 2.19. The van der Waals surface area contributed by atoms with Gasteiger partial charge >= 0.3 is 0 Å². The lowest BCUT2D eigenvalue weighted by atomic mass is 10.0. The number of halogens is 1. The molecule has 0 spiro atoms. The molecule has 0 saturated carbocycles. The van der Waals surface area contributed by atoms with Crippen LogP contribution in [0.25, 0.3) is 33.8 Å². The van der Waals surface area contributed by atoms with Crippen LogP contribution in [-0.4, -0.2) is 15.2 Å². The van der Waals surface area contributed by atoms with Gasteiger partial charge in [-0.1, -0.05) is 58.7 Å². The van der Waals surface area contributed by atoms with Crippen molar-refractivity contribution in [1.29, 1.82) is 0 Å². The summed E-state index contributed by atoms with van der Waals surface area (Å²) in [5.41, 5.74) is 5.89. The number of aliphatic hydroxyl groups is 1. The molecule has 1 N–H and O–H groups in total. The van der Waals surface area contributed by atoms with Crippen molar-refractivity contribution in [2.45, 2.75) is 13.5 Å². The maximum absolute atomic E-state index is 9.95. The minimum atomic E-state index is -0.192. The molecule has 0 aliphatic rings. The van der Waals surface area contributed by atoms with Gasteiger partial charge in [-0.25, -0.2) is 0 Å². The number of benzene rings is 2. The lowest BCUT2D eigenvalue weighted by Gasteiger charge is -2.05. The Bertz CT molecular complexity index is 1090. The van der Waals surface area contributed by atoms with E-state index in [9.17, 15) is 5.11 Å². The molecule has 2 aromatic heterocycles. The van der Waals surface area contributed by atoms with Crippen molar-refractivity contribution in [2.24, 2.45) is 0 Å². The van der Waals surface area contributed by atoms with E-state index >= 15 is 0 Å². The first-order chi connectivity index (χ1) is 13.2. The molecule has 4 nitrogen and oxygen atoms in total. The van der Waals surface area contributed by atoms with Crippen molar-refractivity contribution in [3.63, 3.8) is 0 Å². The second-order valence-corrected chi connectivity index (χ2v) is 6.74. The fraction of sp³-hybridized carbons (Fsp3) is 0.0909. The minimum absolute atomic E-state index is 0.192. The highest BCUT2D eigenvalue weighted by atomic mass is 35.5. The van der Waals surface area contributed by atoms with Crippen molar-refractivity contribution >= 4 is 11.6 Å². The number of aryl methyl sites for hydroxylation is 1. The summed E-state index contributed by atoms with van der Waals surface area (Å²) in [6.45, 7) is 1.86.